The average molecular weight is 317 g/mol. The molecule has 0 aromatic carbocycles. The molecule has 0 atom stereocenters. The van der Waals surface area contributed by atoms with Crippen LogP contribution in [0.25, 0.3) is 5.65 Å². The lowest BCUT2D eigenvalue weighted by Gasteiger charge is -2.33. The summed E-state index contributed by atoms with van der Waals surface area (Å²) in [6, 6.07) is 1.90. The summed E-state index contributed by atoms with van der Waals surface area (Å²) in [5.41, 5.74) is 1.54. The van der Waals surface area contributed by atoms with Gasteiger partial charge in [-0.2, -0.15) is 5.10 Å². The molecule has 0 unspecified atom stereocenters. The minimum atomic E-state index is -2.54. The molecule has 0 spiro atoms. The lowest BCUT2D eigenvalue weighted by atomic mass is 10.1. The first kappa shape index (κ1) is 11.8. The van der Waals surface area contributed by atoms with Gasteiger partial charge in [0.25, 0.3) is 5.92 Å². The molecule has 3 rings (SSSR count). The summed E-state index contributed by atoms with van der Waals surface area (Å²) in [5, 5.41) is 4.06. The third kappa shape index (κ3) is 2.07. The van der Waals surface area contributed by atoms with Crippen molar-refractivity contribution >= 4 is 27.3 Å². The summed E-state index contributed by atoms with van der Waals surface area (Å²) >= 11 is 3.39. The van der Waals surface area contributed by atoms with Crippen molar-refractivity contribution in [1.29, 1.82) is 0 Å². The molecular weight excluding hydrogens is 306 g/mol. The van der Waals surface area contributed by atoms with Gasteiger partial charge in [-0.3, -0.25) is 0 Å². The van der Waals surface area contributed by atoms with E-state index in [1.165, 1.54) is 6.33 Å². The lowest BCUT2D eigenvalue weighted by Crippen LogP contribution is -2.39. The Morgan fingerprint density at radius 1 is 1.28 bits per heavy atom. The fraction of sp³-hybridized carbons (Fsp3) is 0.455. The van der Waals surface area contributed by atoms with E-state index in [1.54, 1.807) is 10.7 Å². The van der Waals surface area contributed by atoms with Crippen LogP contribution in [0.15, 0.2) is 23.1 Å². The highest BCUT2D eigenvalue weighted by molar-refractivity contribution is 9.10. The number of pyridine rings is 1. The number of halogens is 3. The summed E-state index contributed by atoms with van der Waals surface area (Å²) in [4.78, 5) is 6.11. The maximum Gasteiger partial charge on any atom is 0.251 e. The summed E-state index contributed by atoms with van der Waals surface area (Å²) in [7, 11) is 0. The van der Waals surface area contributed by atoms with E-state index in [-0.39, 0.29) is 12.8 Å². The number of piperidine rings is 1. The molecule has 1 aliphatic rings. The van der Waals surface area contributed by atoms with E-state index < -0.39 is 5.92 Å². The second-order valence-corrected chi connectivity index (χ2v) is 5.33. The van der Waals surface area contributed by atoms with Crippen molar-refractivity contribution in [2.24, 2.45) is 0 Å². The Kier molecular flexibility index (Phi) is 2.73. The van der Waals surface area contributed by atoms with Gasteiger partial charge in [0.1, 0.15) is 6.33 Å². The molecule has 0 amide bonds. The first-order valence-electron chi connectivity index (χ1n) is 5.67. The molecule has 0 aliphatic carbocycles. The Balaban J connectivity index is 1.97. The van der Waals surface area contributed by atoms with Crippen LogP contribution >= 0.6 is 15.9 Å². The van der Waals surface area contributed by atoms with Crippen molar-refractivity contribution in [1.82, 2.24) is 14.6 Å². The fourth-order valence-corrected chi connectivity index (χ4v) is 2.60. The van der Waals surface area contributed by atoms with Crippen LogP contribution in [0.2, 0.25) is 0 Å². The Morgan fingerprint density at radius 2 is 2.00 bits per heavy atom. The first-order chi connectivity index (χ1) is 8.55. The zero-order valence-electron chi connectivity index (χ0n) is 9.48. The molecule has 18 heavy (non-hydrogen) atoms. The van der Waals surface area contributed by atoms with E-state index >= 15 is 0 Å². The summed E-state index contributed by atoms with van der Waals surface area (Å²) in [5.74, 6) is -2.54. The summed E-state index contributed by atoms with van der Waals surface area (Å²) in [6.45, 7) is 0.679. The van der Waals surface area contributed by atoms with Crippen LogP contribution in [-0.4, -0.2) is 33.6 Å². The van der Waals surface area contributed by atoms with E-state index in [0.717, 1.165) is 10.2 Å². The molecule has 0 radical (unpaired) electrons. The third-order valence-electron chi connectivity index (χ3n) is 3.16. The highest BCUT2D eigenvalue weighted by Crippen LogP contribution is 2.32. The second kappa shape index (κ2) is 4.15. The monoisotopic (exact) mass is 316 g/mol. The molecule has 2 aromatic heterocycles. The predicted octanol–water partition coefficient (Wildman–Crippen LogP) is 2.73. The zero-order chi connectivity index (χ0) is 12.8. The van der Waals surface area contributed by atoms with Gasteiger partial charge in [0.15, 0.2) is 5.65 Å². The summed E-state index contributed by atoms with van der Waals surface area (Å²) in [6.07, 6.45) is 3.04. The van der Waals surface area contributed by atoms with Gasteiger partial charge in [0.05, 0.1) is 5.69 Å². The second-order valence-electron chi connectivity index (χ2n) is 4.41. The predicted molar refractivity (Wildman–Crippen MR) is 67.1 cm³/mol. The van der Waals surface area contributed by atoms with Crippen LogP contribution in [-0.2, 0) is 0 Å². The van der Waals surface area contributed by atoms with E-state index in [1.807, 2.05) is 11.0 Å². The topological polar surface area (TPSA) is 33.4 Å². The Morgan fingerprint density at radius 3 is 2.72 bits per heavy atom. The molecule has 3 heterocycles. The van der Waals surface area contributed by atoms with E-state index in [0.29, 0.717) is 18.7 Å². The highest BCUT2D eigenvalue weighted by atomic mass is 79.9. The Labute approximate surface area is 111 Å². The van der Waals surface area contributed by atoms with E-state index in [9.17, 15) is 8.78 Å². The largest absolute Gasteiger partial charge is 0.368 e. The van der Waals surface area contributed by atoms with Crippen molar-refractivity contribution in [2.45, 2.75) is 18.8 Å². The number of anilines is 1. The third-order valence-corrected chi connectivity index (χ3v) is 3.59. The quantitative estimate of drug-likeness (QED) is 0.811. The smallest absolute Gasteiger partial charge is 0.251 e. The molecule has 0 bridgehead atoms. The SMILES string of the molecule is FC1(F)CCN(c2cc(Br)cn3ncnc23)CC1. The van der Waals surface area contributed by atoms with Crippen molar-refractivity contribution < 1.29 is 8.78 Å². The minimum Gasteiger partial charge on any atom is -0.368 e. The van der Waals surface area contributed by atoms with Crippen LogP contribution in [0.3, 0.4) is 0 Å². The number of rotatable bonds is 1. The molecule has 0 N–H and O–H groups in total. The maximum atomic E-state index is 13.2. The average Bonchev–Trinajstić information content (AvgIpc) is 2.76. The van der Waals surface area contributed by atoms with Crippen LogP contribution in [0, 0.1) is 0 Å². The van der Waals surface area contributed by atoms with E-state index in [2.05, 4.69) is 26.0 Å². The van der Waals surface area contributed by atoms with Crippen LogP contribution in [0.4, 0.5) is 14.5 Å². The number of hydrogen-bond donors (Lipinski definition) is 0. The molecule has 96 valence electrons. The Bertz CT molecular complexity index is 573. The van der Waals surface area contributed by atoms with Crippen molar-refractivity contribution in [2.75, 3.05) is 18.0 Å². The molecular formula is C11H11BrF2N4. The number of aromatic nitrogens is 3. The number of fused-ring (bicyclic) bond motifs is 1. The van der Waals surface area contributed by atoms with Crippen LogP contribution in [0.1, 0.15) is 12.8 Å². The van der Waals surface area contributed by atoms with Crippen molar-refractivity contribution in [3.8, 4) is 0 Å². The van der Waals surface area contributed by atoms with Gasteiger partial charge in [0.2, 0.25) is 0 Å². The molecule has 1 aliphatic heterocycles. The van der Waals surface area contributed by atoms with Gasteiger partial charge in [-0.25, -0.2) is 18.3 Å². The molecule has 1 fully saturated rings. The van der Waals surface area contributed by atoms with Gasteiger partial charge in [-0.05, 0) is 22.0 Å². The molecule has 1 saturated heterocycles. The number of nitrogens with zero attached hydrogens (tertiary/aromatic N) is 4. The standard InChI is InChI=1S/C11H11BrF2N4/c12-8-5-9(10-15-7-16-18(10)6-8)17-3-1-11(13,14)2-4-17/h5-7H,1-4H2. The molecule has 0 saturated carbocycles. The van der Waals surface area contributed by atoms with E-state index in [4.69, 9.17) is 0 Å². The maximum absolute atomic E-state index is 13.2. The normalized spacial score (nSPS) is 19.4. The van der Waals surface area contributed by atoms with Gasteiger partial charge < -0.3 is 4.90 Å². The number of hydrogen-bond acceptors (Lipinski definition) is 3. The number of alkyl halides is 2. The molecule has 4 nitrogen and oxygen atoms in total. The lowest BCUT2D eigenvalue weighted by molar-refractivity contribution is -0.0220. The summed E-state index contributed by atoms with van der Waals surface area (Å²) < 4.78 is 28.8. The van der Waals surface area contributed by atoms with Crippen molar-refractivity contribution in [3.63, 3.8) is 0 Å². The fourth-order valence-electron chi connectivity index (χ4n) is 2.18. The molecule has 2 aromatic rings. The zero-order valence-corrected chi connectivity index (χ0v) is 11.1. The van der Waals surface area contributed by atoms with Gasteiger partial charge in [0, 0.05) is 36.6 Å². The Hall–Kier alpha value is -1.24. The molecule has 7 heteroatoms. The van der Waals surface area contributed by atoms with Gasteiger partial charge in [-0.1, -0.05) is 0 Å². The van der Waals surface area contributed by atoms with Crippen LogP contribution < -0.4 is 4.90 Å². The van der Waals surface area contributed by atoms with Crippen molar-refractivity contribution in [3.05, 3.63) is 23.1 Å². The van der Waals surface area contributed by atoms with Gasteiger partial charge >= 0.3 is 0 Å². The first-order valence-corrected chi connectivity index (χ1v) is 6.46. The van der Waals surface area contributed by atoms with Crippen LogP contribution in [0.5, 0.6) is 0 Å². The van der Waals surface area contributed by atoms with Gasteiger partial charge in [-0.15, -0.1) is 0 Å². The highest BCUT2D eigenvalue weighted by Gasteiger charge is 2.34. The minimum absolute atomic E-state index is 0.111.